The quantitative estimate of drug-likeness (QED) is 0.581. The molecule has 0 bridgehead atoms. The molecular formula is C13H18O. The Morgan fingerprint density at radius 2 is 2.14 bits per heavy atom. The van der Waals surface area contributed by atoms with Gasteiger partial charge in [-0.2, -0.15) is 0 Å². The third kappa shape index (κ3) is 0.933. The van der Waals surface area contributed by atoms with Crippen LogP contribution in [0, 0.1) is 29.6 Å². The van der Waals surface area contributed by atoms with Crippen LogP contribution in [-0.4, -0.2) is 5.78 Å². The highest BCUT2D eigenvalue weighted by Crippen LogP contribution is 2.61. The van der Waals surface area contributed by atoms with Gasteiger partial charge in [0.2, 0.25) is 0 Å². The van der Waals surface area contributed by atoms with E-state index in [0.717, 1.165) is 30.6 Å². The van der Waals surface area contributed by atoms with Crippen LogP contribution in [0.5, 0.6) is 0 Å². The number of rotatable bonds is 1. The SMILES string of the molecule is C=CC1C2CCC3CCCC(=O)C1C32. The van der Waals surface area contributed by atoms with Crippen molar-refractivity contribution < 1.29 is 4.79 Å². The van der Waals surface area contributed by atoms with Crippen LogP contribution in [0.2, 0.25) is 0 Å². The summed E-state index contributed by atoms with van der Waals surface area (Å²) in [4.78, 5) is 11.9. The predicted molar refractivity (Wildman–Crippen MR) is 55.7 cm³/mol. The lowest BCUT2D eigenvalue weighted by Crippen LogP contribution is -2.48. The zero-order valence-corrected chi connectivity index (χ0v) is 8.61. The maximum absolute atomic E-state index is 11.9. The van der Waals surface area contributed by atoms with E-state index in [9.17, 15) is 4.79 Å². The molecule has 3 aliphatic rings. The molecule has 5 atom stereocenters. The van der Waals surface area contributed by atoms with Crippen LogP contribution in [0.1, 0.15) is 32.1 Å². The smallest absolute Gasteiger partial charge is 0.136 e. The normalized spacial score (nSPS) is 50.6. The second-order valence-electron chi connectivity index (χ2n) is 5.28. The molecule has 1 heteroatoms. The van der Waals surface area contributed by atoms with Crippen LogP contribution in [0.4, 0.5) is 0 Å². The number of carbonyl (C=O) groups is 1. The van der Waals surface area contributed by atoms with E-state index in [1.54, 1.807) is 0 Å². The summed E-state index contributed by atoms with van der Waals surface area (Å²) in [5, 5.41) is 0. The molecule has 5 unspecified atom stereocenters. The van der Waals surface area contributed by atoms with E-state index in [1.807, 2.05) is 0 Å². The van der Waals surface area contributed by atoms with E-state index >= 15 is 0 Å². The molecule has 0 aromatic heterocycles. The first kappa shape index (κ1) is 8.70. The van der Waals surface area contributed by atoms with Gasteiger partial charge in [0.25, 0.3) is 0 Å². The minimum atomic E-state index is 0.382. The Morgan fingerprint density at radius 3 is 2.93 bits per heavy atom. The zero-order chi connectivity index (χ0) is 9.71. The molecule has 1 nitrogen and oxygen atoms in total. The molecule has 0 aliphatic heterocycles. The summed E-state index contributed by atoms with van der Waals surface area (Å²) in [6.45, 7) is 3.90. The number of carbonyl (C=O) groups excluding carboxylic acids is 1. The molecule has 0 N–H and O–H groups in total. The van der Waals surface area contributed by atoms with Crippen LogP contribution >= 0.6 is 0 Å². The highest BCUT2D eigenvalue weighted by Gasteiger charge is 2.58. The number of allylic oxidation sites excluding steroid dienone is 1. The Hall–Kier alpha value is -0.590. The number of hydrogen-bond acceptors (Lipinski definition) is 1. The number of hydrogen-bond donors (Lipinski definition) is 0. The van der Waals surface area contributed by atoms with Gasteiger partial charge in [0, 0.05) is 12.3 Å². The lowest BCUT2D eigenvalue weighted by Gasteiger charge is -2.48. The Kier molecular flexibility index (Phi) is 1.83. The van der Waals surface area contributed by atoms with Crippen molar-refractivity contribution in [2.75, 3.05) is 0 Å². The summed E-state index contributed by atoms with van der Waals surface area (Å²) >= 11 is 0. The maximum Gasteiger partial charge on any atom is 0.136 e. The number of ketones is 1. The van der Waals surface area contributed by atoms with Crippen LogP contribution in [-0.2, 0) is 4.79 Å². The van der Waals surface area contributed by atoms with Gasteiger partial charge in [-0.3, -0.25) is 4.79 Å². The third-order valence-corrected chi connectivity index (χ3v) is 4.88. The van der Waals surface area contributed by atoms with Crippen molar-refractivity contribution in [3.63, 3.8) is 0 Å². The molecule has 3 saturated carbocycles. The van der Waals surface area contributed by atoms with E-state index in [0.29, 0.717) is 17.6 Å². The Balaban J connectivity index is 1.92. The Bertz CT molecular complexity index is 281. The van der Waals surface area contributed by atoms with E-state index < -0.39 is 0 Å². The molecule has 3 rings (SSSR count). The molecule has 0 spiro atoms. The Labute approximate surface area is 85.6 Å². The fraction of sp³-hybridized carbons (Fsp3) is 0.769. The van der Waals surface area contributed by atoms with Gasteiger partial charge in [0.15, 0.2) is 0 Å². The van der Waals surface area contributed by atoms with Gasteiger partial charge in [0.05, 0.1) is 0 Å². The summed E-state index contributed by atoms with van der Waals surface area (Å²) in [5.41, 5.74) is 0. The first-order chi connectivity index (χ1) is 6.83. The molecule has 0 amide bonds. The van der Waals surface area contributed by atoms with Crippen LogP contribution in [0.25, 0.3) is 0 Å². The van der Waals surface area contributed by atoms with Crippen molar-refractivity contribution in [1.82, 2.24) is 0 Å². The zero-order valence-electron chi connectivity index (χ0n) is 8.61. The van der Waals surface area contributed by atoms with Crippen molar-refractivity contribution in [1.29, 1.82) is 0 Å². The van der Waals surface area contributed by atoms with Gasteiger partial charge in [-0.25, -0.2) is 0 Å². The maximum atomic E-state index is 11.9. The number of Topliss-reactive ketones (excluding diaryl/α,β-unsaturated/α-hetero) is 1. The molecule has 0 aromatic rings. The molecule has 0 aromatic carbocycles. The van der Waals surface area contributed by atoms with Crippen molar-refractivity contribution in [2.45, 2.75) is 32.1 Å². The summed E-state index contributed by atoms with van der Waals surface area (Å²) in [6, 6.07) is 0. The van der Waals surface area contributed by atoms with Gasteiger partial charge < -0.3 is 0 Å². The first-order valence-corrected chi connectivity index (χ1v) is 5.98. The highest BCUT2D eigenvalue weighted by molar-refractivity contribution is 5.83. The molecule has 14 heavy (non-hydrogen) atoms. The largest absolute Gasteiger partial charge is 0.299 e. The highest BCUT2D eigenvalue weighted by atomic mass is 16.1. The molecule has 0 radical (unpaired) electrons. The fourth-order valence-electron chi connectivity index (χ4n) is 4.32. The molecule has 0 heterocycles. The average Bonchev–Trinajstić information content (AvgIpc) is 2.40. The van der Waals surface area contributed by atoms with Gasteiger partial charge in [-0.1, -0.05) is 6.08 Å². The second kappa shape index (κ2) is 2.95. The summed E-state index contributed by atoms with van der Waals surface area (Å²) in [7, 11) is 0. The summed E-state index contributed by atoms with van der Waals surface area (Å²) in [6.07, 6.45) is 8.09. The Morgan fingerprint density at radius 1 is 1.29 bits per heavy atom. The van der Waals surface area contributed by atoms with E-state index in [-0.39, 0.29) is 0 Å². The third-order valence-electron chi connectivity index (χ3n) is 4.88. The molecule has 0 saturated heterocycles. The standard InChI is InChI=1S/C13H18O/c1-2-9-10-7-6-8-4-3-5-11(14)13(9)12(8)10/h2,8-10,12-13H,1,3-7H2. The average molecular weight is 190 g/mol. The van der Waals surface area contributed by atoms with Gasteiger partial charge >= 0.3 is 0 Å². The second-order valence-corrected chi connectivity index (χ2v) is 5.28. The molecule has 76 valence electrons. The predicted octanol–water partition coefficient (Wildman–Crippen LogP) is 2.81. The summed E-state index contributed by atoms with van der Waals surface area (Å²) in [5.74, 6) is 3.92. The lowest BCUT2D eigenvalue weighted by molar-refractivity contribution is -0.134. The molecule has 3 aliphatic carbocycles. The van der Waals surface area contributed by atoms with Crippen molar-refractivity contribution in [2.24, 2.45) is 29.6 Å². The van der Waals surface area contributed by atoms with Gasteiger partial charge in [-0.15, -0.1) is 6.58 Å². The van der Waals surface area contributed by atoms with Crippen LogP contribution in [0.15, 0.2) is 12.7 Å². The van der Waals surface area contributed by atoms with Crippen molar-refractivity contribution in [3.05, 3.63) is 12.7 Å². The minimum Gasteiger partial charge on any atom is -0.299 e. The van der Waals surface area contributed by atoms with Crippen molar-refractivity contribution >= 4 is 5.78 Å². The van der Waals surface area contributed by atoms with Gasteiger partial charge in [-0.05, 0) is 49.4 Å². The first-order valence-electron chi connectivity index (χ1n) is 5.98. The van der Waals surface area contributed by atoms with Crippen molar-refractivity contribution in [3.8, 4) is 0 Å². The van der Waals surface area contributed by atoms with Crippen LogP contribution in [0.3, 0.4) is 0 Å². The van der Waals surface area contributed by atoms with Crippen LogP contribution < -0.4 is 0 Å². The lowest BCUT2D eigenvalue weighted by atomic mass is 9.55. The fourth-order valence-corrected chi connectivity index (χ4v) is 4.32. The monoisotopic (exact) mass is 190 g/mol. The molecule has 3 fully saturated rings. The minimum absolute atomic E-state index is 0.382. The van der Waals surface area contributed by atoms with E-state index in [1.165, 1.54) is 19.3 Å². The van der Waals surface area contributed by atoms with E-state index in [2.05, 4.69) is 12.7 Å². The summed E-state index contributed by atoms with van der Waals surface area (Å²) < 4.78 is 0. The van der Waals surface area contributed by atoms with E-state index in [4.69, 9.17) is 0 Å². The topological polar surface area (TPSA) is 17.1 Å². The molecular weight excluding hydrogens is 172 g/mol. The van der Waals surface area contributed by atoms with Gasteiger partial charge in [0.1, 0.15) is 5.78 Å².